The summed E-state index contributed by atoms with van der Waals surface area (Å²) in [7, 11) is 2.10. The largest absolute Gasteiger partial charge is 0.381 e. The Balaban J connectivity index is 1.81. The van der Waals surface area contributed by atoms with Crippen molar-refractivity contribution < 1.29 is 9.53 Å². The molecular formula is C11H20N6O2. The lowest BCUT2D eigenvalue weighted by atomic mass is 10.1. The molecule has 1 aromatic heterocycles. The number of rotatable bonds is 5. The molecule has 0 aromatic carbocycles. The van der Waals surface area contributed by atoms with Crippen LogP contribution in [0.1, 0.15) is 23.3 Å². The van der Waals surface area contributed by atoms with Crippen LogP contribution in [0.2, 0.25) is 0 Å². The molecule has 1 aliphatic heterocycles. The number of nitrogen functional groups attached to an aromatic ring is 1. The second-order valence-electron chi connectivity index (χ2n) is 4.66. The number of hydrazine groups is 1. The van der Waals surface area contributed by atoms with Crippen molar-refractivity contribution in [3.63, 3.8) is 0 Å². The van der Waals surface area contributed by atoms with Crippen molar-refractivity contribution in [2.24, 2.45) is 5.84 Å². The molecule has 0 unspecified atom stereocenters. The molecule has 1 amide bonds. The number of nitrogens with one attached hydrogen (secondary N) is 1. The Morgan fingerprint density at radius 1 is 1.63 bits per heavy atom. The van der Waals surface area contributed by atoms with Crippen LogP contribution in [-0.2, 0) is 11.3 Å². The van der Waals surface area contributed by atoms with Crippen LogP contribution in [0.4, 0.5) is 0 Å². The maximum absolute atomic E-state index is 11.2. The fourth-order valence-electron chi connectivity index (χ4n) is 2.15. The molecule has 0 aliphatic carbocycles. The molecule has 8 nitrogen and oxygen atoms in total. The van der Waals surface area contributed by atoms with Gasteiger partial charge in [0.15, 0.2) is 5.69 Å². The van der Waals surface area contributed by atoms with Crippen molar-refractivity contribution in [2.45, 2.75) is 25.4 Å². The summed E-state index contributed by atoms with van der Waals surface area (Å²) in [6.07, 6.45) is 3.73. The van der Waals surface area contributed by atoms with E-state index in [2.05, 4.69) is 22.3 Å². The van der Waals surface area contributed by atoms with Crippen LogP contribution in [0, 0.1) is 0 Å². The number of aromatic nitrogens is 3. The summed E-state index contributed by atoms with van der Waals surface area (Å²) in [6.45, 7) is 3.22. The van der Waals surface area contributed by atoms with E-state index in [0.717, 1.165) is 32.6 Å². The van der Waals surface area contributed by atoms with E-state index in [1.165, 1.54) is 0 Å². The minimum atomic E-state index is -0.427. The van der Waals surface area contributed by atoms with Gasteiger partial charge in [-0.3, -0.25) is 14.9 Å². The minimum absolute atomic E-state index is 0.233. The molecule has 1 aliphatic rings. The molecule has 1 saturated heterocycles. The number of hydrogen-bond acceptors (Lipinski definition) is 6. The minimum Gasteiger partial charge on any atom is -0.381 e. The molecule has 8 heteroatoms. The van der Waals surface area contributed by atoms with Gasteiger partial charge in [-0.05, 0) is 19.9 Å². The highest BCUT2D eigenvalue weighted by Crippen LogP contribution is 2.12. The van der Waals surface area contributed by atoms with Gasteiger partial charge < -0.3 is 9.64 Å². The van der Waals surface area contributed by atoms with Gasteiger partial charge in [-0.25, -0.2) is 5.84 Å². The van der Waals surface area contributed by atoms with Crippen molar-refractivity contribution >= 4 is 5.91 Å². The fourth-order valence-corrected chi connectivity index (χ4v) is 2.15. The molecule has 3 N–H and O–H groups in total. The smallest absolute Gasteiger partial charge is 0.287 e. The SMILES string of the molecule is CN(CCn1cc(C(=O)NN)nn1)C1CCOCC1. The Labute approximate surface area is 111 Å². The Morgan fingerprint density at radius 3 is 3.05 bits per heavy atom. The number of nitrogens with two attached hydrogens (primary N) is 1. The molecule has 2 rings (SSSR count). The normalized spacial score (nSPS) is 16.8. The van der Waals surface area contributed by atoms with E-state index in [1.54, 1.807) is 10.9 Å². The number of likely N-dealkylation sites (N-methyl/N-ethyl adjacent to an activating group) is 1. The molecule has 0 spiro atoms. The van der Waals surface area contributed by atoms with Crippen LogP contribution >= 0.6 is 0 Å². The molecular weight excluding hydrogens is 248 g/mol. The van der Waals surface area contributed by atoms with E-state index >= 15 is 0 Å². The lowest BCUT2D eigenvalue weighted by Crippen LogP contribution is -2.38. The third kappa shape index (κ3) is 3.72. The van der Waals surface area contributed by atoms with Crippen LogP contribution in [0.25, 0.3) is 0 Å². The molecule has 0 saturated carbocycles. The van der Waals surface area contributed by atoms with E-state index in [4.69, 9.17) is 10.6 Å². The van der Waals surface area contributed by atoms with Gasteiger partial charge in [-0.15, -0.1) is 5.10 Å². The maximum atomic E-state index is 11.2. The van der Waals surface area contributed by atoms with Crippen LogP contribution < -0.4 is 11.3 Å². The summed E-state index contributed by atoms with van der Waals surface area (Å²) in [5.74, 6) is 4.61. The zero-order valence-electron chi connectivity index (χ0n) is 11.1. The zero-order chi connectivity index (χ0) is 13.7. The first kappa shape index (κ1) is 13.9. The predicted molar refractivity (Wildman–Crippen MR) is 68.1 cm³/mol. The van der Waals surface area contributed by atoms with E-state index in [1.807, 2.05) is 5.43 Å². The monoisotopic (exact) mass is 268 g/mol. The van der Waals surface area contributed by atoms with Crippen LogP contribution in [0.5, 0.6) is 0 Å². The van der Waals surface area contributed by atoms with Crippen molar-refractivity contribution in [1.29, 1.82) is 0 Å². The Bertz CT molecular complexity index is 415. The summed E-state index contributed by atoms with van der Waals surface area (Å²) >= 11 is 0. The maximum Gasteiger partial charge on any atom is 0.287 e. The van der Waals surface area contributed by atoms with Gasteiger partial charge in [0, 0.05) is 25.8 Å². The third-order valence-corrected chi connectivity index (χ3v) is 3.40. The molecule has 106 valence electrons. The number of nitrogens with zero attached hydrogens (tertiary/aromatic N) is 4. The highest BCUT2D eigenvalue weighted by molar-refractivity contribution is 5.91. The van der Waals surface area contributed by atoms with Crippen molar-refractivity contribution in [3.8, 4) is 0 Å². The first-order valence-electron chi connectivity index (χ1n) is 6.39. The molecule has 0 bridgehead atoms. The number of carbonyl (C=O) groups is 1. The number of carbonyl (C=O) groups excluding carboxylic acids is 1. The zero-order valence-corrected chi connectivity index (χ0v) is 11.1. The molecule has 1 fully saturated rings. The van der Waals surface area contributed by atoms with E-state index in [9.17, 15) is 4.79 Å². The Morgan fingerprint density at radius 2 is 2.37 bits per heavy atom. The second kappa shape index (κ2) is 6.60. The molecule has 19 heavy (non-hydrogen) atoms. The quantitative estimate of drug-likeness (QED) is 0.403. The lowest BCUT2D eigenvalue weighted by molar-refractivity contribution is 0.0418. The number of hydrogen-bond donors (Lipinski definition) is 2. The van der Waals surface area contributed by atoms with Crippen molar-refractivity contribution in [2.75, 3.05) is 26.8 Å². The third-order valence-electron chi connectivity index (χ3n) is 3.40. The van der Waals surface area contributed by atoms with Crippen LogP contribution in [0.15, 0.2) is 6.20 Å². The summed E-state index contributed by atoms with van der Waals surface area (Å²) in [5, 5.41) is 7.66. The van der Waals surface area contributed by atoms with Gasteiger partial charge in [-0.2, -0.15) is 0 Å². The average molecular weight is 268 g/mol. The van der Waals surface area contributed by atoms with Gasteiger partial charge in [-0.1, -0.05) is 5.21 Å². The molecule has 1 aromatic rings. The second-order valence-corrected chi connectivity index (χ2v) is 4.66. The highest BCUT2D eigenvalue weighted by Gasteiger charge is 2.18. The first-order chi connectivity index (χ1) is 9.20. The average Bonchev–Trinajstić information content (AvgIpc) is 2.93. The standard InChI is InChI=1S/C11H20N6O2/c1-16(9-2-6-19-7-3-9)4-5-17-8-10(14-15-17)11(18)13-12/h8-9H,2-7,12H2,1H3,(H,13,18). The van der Waals surface area contributed by atoms with Gasteiger partial charge >= 0.3 is 0 Å². The molecule has 0 radical (unpaired) electrons. The van der Waals surface area contributed by atoms with Crippen LogP contribution in [0.3, 0.4) is 0 Å². The van der Waals surface area contributed by atoms with E-state index in [-0.39, 0.29) is 5.69 Å². The first-order valence-corrected chi connectivity index (χ1v) is 6.39. The fraction of sp³-hybridized carbons (Fsp3) is 0.727. The van der Waals surface area contributed by atoms with Gasteiger partial charge in [0.1, 0.15) is 0 Å². The molecule has 2 heterocycles. The van der Waals surface area contributed by atoms with Gasteiger partial charge in [0.25, 0.3) is 5.91 Å². The van der Waals surface area contributed by atoms with Crippen molar-refractivity contribution in [3.05, 3.63) is 11.9 Å². The number of amides is 1. The van der Waals surface area contributed by atoms with Crippen molar-refractivity contribution in [1.82, 2.24) is 25.3 Å². The topological polar surface area (TPSA) is 98.3 Å². The summed E-state index contributed by atoms with van der Waals surface area (Å²) in [6, 6.07) is 0.559. The van der Waals surface area contributed by atoms with E-state index < -0.39 is 5.91 Å². The molecule has 0 atom stereocenters. The lowest BCUT2D eigenvalue weighted by Gasteiger charge is -2.30. The summed E-state index contributed by atoms with van der Waals surface area (Å²) < 4.78 is 7.00. The van der Waals surface area contributed by atoms with Gasteiger partial charge in [0.05, 0.1) is 12.7 Å². The number of ether oxygens (including phenoxy) is 1. The summed E-state index contributed by atoms with van der Waals surface area (Å²) in [4.78, 5) is 13.5. The summed E-state index contributed by atoms with van der Waals surface area (Å²) in [5.41, 5.74) is 2.26. The van der Waals surface area contributed by atoms with Gasteiger partial charge in [0.2, 0.25) is 0 Å². The Kier molecular flexibility index (Phi) is 4.83. The predicted octanol–water partition coefficient (Wildman–Crippen LogP) is -1.01. The Hall–Kier alpha value is -1.51. The van der Waals surface area contributed by atoms with Crippen LogP contribution in [-0.4, -0.2) is 58.6 Å². The van der Waals surface area contributed by atoms with E-state index in [0.29, 0.717) is 12.6 Å². The highest BCUT2D eigenvalue weighted by atomic mass is 16.5.